The van der Waals surface area contributed by atoms with E-state index in [1.165, 1.54) is 38.5 Å². The summed E-state index contributed by atoms with van der Waals surface area (Å²) in [6.45, 7) is 1.67. The molecular formula is C15H17N3O4S. The van der Waals surface area contributed by atoms with Crippen LogP contribution in [0.15, 0.2) is 46.2 Å². The van der Waals surface area contributed by atoms with E-state index < -0.39 is 15.9 Å². The summed E-state index contributed by atoms with van der Waals surface area (Å²) in [6, 6.07) is 7.21. The lowest BCUT2D eigenvalue weighted by Gasteiger charge is -2.14. The topological polar surface area (TPSA) is 99.3 Å². The van der Waals surface area contributed by atoms with Gasteiger partial charge < -0.3 is 10.3 Å². The zero-order chi connectivity index (χ0) is 17.2. The minimum Gasteiger partial charge on any atom is -0.327 e. The lowest BCUT2D eigenvalue weighted by atomic mass is 10.1. The first-order valence-corrected chi connectivity index (χ1v) is 8.19. The Morgan fingerprint density at radius 3 is 2.43 bits per heavy atom. The van der Waals surface area contributed by atoms with Crippen LogP contribution in [-0.4, -0.2) is 37.7 Å². The summed E-state index contributed by atoms with van der Waals surface area (Å²) in [5, 5.41) is 2.60. The Bertz CT molecular complexity index is 881. The van der Waals surface area contributed by atoms with E-state index >= 15 is 0 Å². The van der Waals surface area contributed by atoms with Gasteiger partial charge in [0.15, 0.2) is 0 Å². The molecule has 0 aliphatic rings. The summed E-state index contributed by atoms with van der Waals surface area (Å²) in [6.07, 6.45) is 1.37. The number of aromatic nitrogens is 1. The molecule has 8 heteroatoms. The van der Waals surface area contributed by atoms with Crippen molar-refractivity contribution in [1.82, 2.24) is 9.29 Å². The van der Waals surface area contributed by atoms with Gasteiger partial charge in [0.2, 0.25) is 15.6 Å². The number of carbonyl (C=O) groups is 1. The highest BCUT2D eigenvalue weighted by Crippen LogP contribution is 2.20. The lowest BCUT2D eigenvalue weighted by molar-refractivity contribution is 0.102. The molecule has 1 aromatic carbocycles. The highest BCUT2D eigenvalue weighted by molar-refractivity contribution is 7.89. The fraction of sp³-hybridized carbons (Fsp3) is 0.200. The second-order valence-corrected chi connectivity index (χ2v) is 7.28. The number of pyridine rings is 1. The third kappa shape index (κ3) is 3.66. The molecule has 0 bridgehead atoms. The van der Waals surface area contributed by atoms with E-state index in [0.717, 1.165) is 4.31 Å². The van der Waals surface area contributed by atoms with E-state index in [4.69, 9.17) is 0 Å². The number of aryl methyl sites for hydroxylation is 1. The Hall–Kier alpha value is -2.45. The van der Waals surface area contributed by atoms with Crippen molar-refractivity contribution in [2.75, 3.05) is 19.4 Å². The molecule has 1 aromatic heterocycles. The van der Waals surface area contributed by atoms with E-state index in [9.17, 15) is 18.0 Å². The van der Waals surface area contributed by atoms with Gasteiger partial charge in [0.05, 0.1) is 10.6 Å². The Balaban J connectivity index is 2.35. The van der Waals surface area contributed by atoms with Gasteiger partial charge in [-0.05, 0) is 30.7 Å². The summed E-state index contributed by atoms with van der Waals surface area (Å²) >= 11 is 0. The van der Waals surface area contributed by atoms with Crippen molar-refractivity contribution in [1.29, 1.82) is 0 Å². The molecule has 1 amide bonds. The number of carbonyl (C=O) groups excluding carboxylic acids is 1. The number of sulfonamides is 1. The van der Waals surface area contributed by atoms with Crippen LogP contribution in [0.3, 0.4) is 0 Å². The third-order valence-electron chi connectivity index (χ3n) is 3.25. The van der Waals surface area contributed by atoms with Gasteiger partial charge in [-0.25, -0.2) is 12.7 Å². The number of rotatable bonds is 4. The van der Waals surface area contributed by atoms with Crippen molar-refractivity contribution in [2.24, 2.45) is 0 Å². The number of H-pyrrole nitrogens is 1. The van der Waals surface area contributed by atoms with Gasteiger partial charge in [-0.3, -0.25) is 9.59 Å². The molecule has 0 spiro atoms. The van der Waals surface area contributed by atoms with Gasteiger partial charge in [0.1, 0.15) is 0 Å². The molecule has 2 N–H and O–H groups in total. The van der Waals surface area contributed by atoms with Crippen molar-refractivity contribution >= 4 is 21.6 Å². The molecule has 0 aliphatic heterocycles. The standard InChI is InChI=1S/C15H17N3O4S/c1-10-4-5-11(8-13(10)23(21,22)18(2)3)15(20)17-12-6-7-14(19)16-9-12/h4-9H,1-3H3,(H,16,19)(H,17,20). The van der Waals surface area contributed by atoms with E-state index in [1.54, 1.807) is 19.1 Å². The molecule has 122 valence electrons. The van der Waals surface area contributed by atoms with Gasteiger partial charge in [-0.2, -0.15) is 0 Å². The molecule has 23 heavy (non-hydrogen) atoms. The van der Waals surface area contributed by atoms with Crippen LogP contribution in [0.2, 0.25) is 0 Å². The van der Waals surface area contributed by atoms with Gasteiger partial charge >= 0.3 is 0 Å². The maximum atomic E-state index is 12.3. The Morgan fingerprint density at radius 1 is 1.17 bits per heavy atom. The van der Waals surface area contributed by atoms with Crippen LogP contribution >= 0.6 is 0 Å². The minimum absolute atomic E-state index is 0.0802. The third-order valence-corrected chi connectivity index (χ3v) is 5.21. The predicted octanol–water partition coefficient (Wildman–Crippen LogP) is 1.19. The van der Waals surface area contributed by atoms with Crippen molar-refractivity contribution in [3.8, 4) is 0 Å². The minimum atomic E-state index is -3.64. The largest absolute Gasteiger partial charge is 0.327 e. The number of nitrogens with one attached hydrogen (secondary N) is 2. The van der Waals surface area contributed by atoms with E-state index in [-0.39, 0.29) is 16.0 Å². The summed E-state index contributed by atoms with van der Waals surface area (Å²) in [5.41, 5.74) is 0.895. The fourth-order valence-electron chi connectivity index (χ4n) is 1.91. The predicted molar refractivity (Wildman–Crippen MR) is 87.1 cm³/mol. The number of amides is 1. The molecule has 0 unspecified atom stereocenters. The monoisotopic (exact) mass is 335 g/mol. The van der Waals surface area contributed by atoms with Gasteiger partial charge in [-0.1, -0.05) is 6.07 Å². The fourth-order valence-corrected chi connectivity index (χ4v) is 3.05. The molecule has 7 nitrogen and oxygen atoms in total. The van der Waals surface area contributed by atoms with Crippen LogP contribution in [0.25, 0.3) is 0 Å². The summed E-state index contributed by atoms with van der Waals surface area (Å²) in [7, 11) is -0.771. The average Bonchev–Trinajstić information content (AvgIpc) is 2.49. The summed E-state index contributed by atoms with van der Waals surface area (Å²) in [5.74, 6) is -0.466. The molecule has 0 radical (unpaired) electrons. The van der Waals surface area contributed by atoms with E-state index in [0.29, 0.717) is 11.3 Å². The van der Waals surface area contributed by atoms with E-state index in [2.05, 4.69) is 10.3 Å². The maximum absolute atomic E-state index is 12.3. The molecule has 2 aromatic rings. The Labute approximate surface area is 134 Å². The van der Waals surface area contributed by atoms with Crippen LogP contribution in [0, 0.1) is 6.92 Å². The average molecular weight is 335 g/mol. The van der Waals surface area contributed by atoms with E-state index in [1.807, 2.05) is 0 Å². The van der Waals surface area contributed by atoms with Crippen LogP contribution in [0.4, 0.5) is 5.69 Å². The van der Waals surface area contributed by atoms with Crippen LogP contribution in [-0.2, 0) is 10.0 Å². The summed E-state index contributed by atoms with van der Waals surface area (Å²) < 4.78 is 25.7. The van der Waals surface area contributed by atoms with Crippen molar-refractivity contribution in [3.05, 3.63) is 58.0 Å². The smallest absolute Gasteiger partial charge is 0.255 e. The van der Waals surface area contributed by atoms with Crippen molar-refractivity contribution in [2.45, 2.75) is 11.8 Å². The van der Waals surface area contributed by atoms with Crippen LogP contribution in [0.1, 0.15) is 15.9 Å². The molecular weight excluding hydrogens is 318 g/mol. The second-order valence-electron chi connectivity index (χ2n) is 5.16. The number of hydrogen-bond acceptors (Lipinski definition) is 4. The highest BCUT2D eigenvalue weighted by atomic mass is 32.2. The van der Waals surface area contributed by atoms with Crippen LogP contribution < -0.4 is 10.9 Å². The number of hydrogen-bond donors (Lipinski definition) is 2. The number of anilines is 1. The second kappa shape index (κ2) is 6.35. The maximum Gasteiger partial charge on any atom is 0.255 e. The number of benzene rings is 1. The molecule has 1 heterocycles. The zero-order valence-electron chi connectivity index (χ0n) is 13.0. The van der Waals surface area contributed by atoms with Gasteiger partial charge in [0, 0.05) is 31.9 Å². The Morgan fingerprint density at radius 2 is 1.87 bits per heavy atom. The molecule has 0 saturated carbocycles. The first-order valence-electron chi connectivity index (χ1n) is 6.75. The molecule has 0 atom stereocenters. The van der Waals surface area contributed by atoms with Gasteiger partial charge in [0.25, 0.3) is 5.91 Å². The lowest BCUT2D eigenvalue weighted by Crippen LogP contribution is -2.23. The first kappa shape index (κ1) is 16.9. The number of aromatic amines is 1. The number of nitrogens with zero attached hydrogens (tertiary/aromatic N) is 1. The molecule has 0 saturated heterocycles. The molecule has 2 rings (SSSR count). The van der Waals surface area contributed by atoms with Crippen molar-refractivity contribution < 1.29 is 13.2 Å². The molecule has 0 fully saturated rings. The molecule has 0 aliphatic carbocycles. The van der Waals surface area contributed by atoms with Gasteiger partial charge in [-0.15, -0.1) is 0 Å². The van der Waals surface area contributed by atoms with Crippen LogP contribution in [0.5, 0.6) is 0 Å². The Kier molecular flexibility index (Phi) is 4.67. The summed E-state index contributed by atoms with van der Waals surface area (Å²) in [4.78, 5) is 25.8. The normalized spacial score (nSPS) is 11.5. The van der Waals surface area contributed by atoms with Crippen molar-refractivity contribution in [3.63, 3.8) is 0 Å². The first-order chi connectivity index (χ1) is 10.7. The zero-order valence-corrected chi connectivity index (χ0v) is 13.8. The quantitative estimate of drug-likeness (QED) is 0.876. The SMILES string of the molecule is Cc1ccc(C(=O)Nc2ccc(=O)[nH]c2)cc1S(=O)(=O)N(C)C. The highest BCUT2D eigenvalue weighted by Gasteiger charge is 2.21.